The molecule has 1 aromatic heterocycles. The molecule has 0 aliphatic carbocycles. The van der Waals surface area contributed by atoms with Crippen LogP contribution in [-0.2, 0) is 0 Å². The maximum absolute atomic E-state index is 12.9. The number of nitrogens with one attached hydrogen (secondary N) is 2. The average Bonchev–Trinajstić information content (AvgIpc) is 2.83. The van der Waals surface area contributed by atoms with Crippen LogP contribution in [0.1, 0.15) is 15.9 Å². The minimum absolute atomic E-state index is 0.0516. The molecule has 4 rings (SSSR count). The van der Waals surface area contributed by atoms with Gasteiger partial charge >= 0.3 is 5.63 Å². The van der Waals surface area contributed by atoms with E-state index in [0.717, 1.165) is 15.4 Å². The molecule has 3 aromatic carbocycles. The molecule has 0 aliphatic rings. The van der Waals surface area contributed by atoms with E-state index in [0.29, 0.717) is 39.5 Å². The number of para-hydroxylation sites is 1. The number of benzene rings is 3. The Labute approximate surface area is 215 Å². The lowest BCUT2D eigenvalue weighted by Crippen LogP contribution is -2.34. The minimum atomic E-state index is -0.465. The normalized spacial score (nSPS) is 10.6. The number of methoxy groups -OCH3 is 2. The van der Waals surface area contributed by atoms with Crippen molar-refractivity contribution >= 4 is 55.8 Å². The molecule has 0 saturated carbocycles. The van der Waals surface area contributed by atoms with Gasteiger partial charge in [0.2, 0.25) is 0 Å². The average molecular weight is 553 g/mol. The van der Waals surface area contributed by atoms with Crippen LogP contribution in [0.3, 0.4) is 0 Å². The molecular weight excluding hydrogens is 532 g/mol. The van der Waals surface area contributed by atoms with Gasteiger partial charge in [-0.2, -0.15) is 0 Å². The SMILES string of the molecule is COc1ccc(-c2cc3ccccc3oc2=O)cc1NC(=S)NC(=O)c1cc(Br)cc(C)c1OC. The Kier molecular flexibility index (Phi) is 7.18. The molecule has 0 saturated heterocycles. The number of amides is 1. The molecule has 7 nitrogen and oxygen atoms in total. The van der Waals surface area contributed by atoms with Crippen molar-refractivity contribution in [3.05, 3.63) is 86.7 Å². The molecule has 1 heterocycles. The van der Waals surface area contributed by atoms with E-state index in [-0.39, 0.29) is 5.11 Å². The number of hydrogen-bond acceptors (Lipinski definition) is 6. The summed E-state index contributed by atoms with van der Waals surface area (Å²) in [4.78, 5) is 25.5. The van der Waals surface area contributed by atoms with Gasteiger partial charge in [0.1, 0.15) is 17.1 Å². The largest absolute Gasteiger partial charge is 0.496 e. The van der Waals surface area contributed by atoms with Crippen molar-refractivity contribution < 1.29 is 18.7 Å². The van der Waals surface area contributed by atoms with Crippen LogP contribution in [0.25, 0.3) is 22.1 Å². The lowest BCUT2D eigenvalue weighted by atomic mass is 10.0. The first-order chi connectivity index (χ1) is 16.8. The summed E-state index contributed by atoms with van der Waals surface area (Å²) in [6.07, 6.45) is 0. The van der Waals surface area contributed by atoms with Crippen LogP contribution in [0.15, 0.2) is 74.3 Å². The number of carbonyl (C=O) groups excluding carboxylic acids is 1. The Balaban J connectivity index is 1.62. The van der Waals surface area contributed by atoms with Gasteiger partial charge in [0, 0.05) is 9.86 Å². The lowest BCUT2D eigenvalue weighted by molar-refractivity contribution is 0.0974. The molecule has 0 fully saturated rings. The van der Waals surface area contributed by atoms with E-state index in [9.17, 15) is 9.59 Å². The van der Waals surface area contributed by atoms with Crippen LogP contribution in [-0.4, -0.2) is 25.2 Å². The Morgan fingerprint density at radius 2 is 1.80 bits per heavy atom. The second-order valence-corrected chi connectivity index (χ2v) is 8.94. The highest BCUT2D eigenvalue weighted by Crippen LogP contribution is 2.31. The fourth-order valence-electron chi connectivity index (χ4n) is 3.73. The molecule has 2 N–H and O–H groups in total. The van der Waals surface area contributed by atoms with E-state index in [2.05, 4.69) is 26.6 Å². The molecule has 9 heteroatoms. The number of carbonyl (C=O) groups is 1. The third-order valence-corrected chi connectivity index (χ3v) is 5.98. The summed E-state index contributed by atoms with van der Waals surface area (Å²) in [5, 5.41) is 6.50. The van der Waals surface area contributed by atoms with Gasteiger partial charge in [-0.25, -0.2) is 4.79 Å². The van der Waals surface area contributed by atoms with Gasteiger partial charge in [0.05, 0.1) is 31.0 Å². The first-order valence-electron chi connectivity index (χ1n) is 10.5. The number of hydrogen-bond donors (Lipinski definition) is 2. The monoisotopic (exact) mass is 552 g/mol. The summed E-state index contributed by atoms with van der Waals surface area (Å²) >= 11 is 8.78. The van der Waals surface area contributed by atoms with Crippen LogP contribution in [0.2, 0.25) is 0 Å². The number of thiocarbonyl (C=S) groups is 1. The first-order valence-corrected chi connectivity index (χ1v) is 11.7. The maximum atomic E-state index is 12.9. The van der Waals surface area contributed by atoms with Gasteiger partial charge in [0.25, 0.3) is 5.91 Å². The number of anilines is 1. The van der Waals surface area contributed by atoms with Gasteiger partial charge in [-0.15, -0.1) is 0 Å². The fourth-order valence-corrected chi connectivity index (χ4v) is 4.50. The Hall–Kier alpha value is -3.69. The molecule has 4 aromatic rings. The quantitative estimate of drug-likeness (QED) is 0.243. The van der Waals surface area contributed by atoms with E-state index in [1.807, 2.05) is 25.1 Å². The number of ether oxygens (including phenoxy) is 2. The van der Waals surface area contributed by atoms with Gasteiger partial charge < -0.3 is 19.2 Å². The van der Waals surface area contributed by atoms with Crippen molar-refractivity contribution in [1.29, 1.82) is 0 Å². The van der Waals surface area contributed by atoms with Crippen LogP contribution in [0, 0.1) is 6.92 Å². The molecule has 1 amide bonds. The first kappa shape index (κ1) is 24.4. The predicted molar refractivity (Wildman–Crippen MR) is 144 cm³/mol. The predicted octanol–water partition coefficient (Wildman–Crippen LogP) is 5.67. The van der Waals surface area contributed by atoms with Crippen molar-refractivity contribution in [3.8, 4) is 22.6 Å². The topological polar surface area (TPSA) is 89.8 Å². The van der Waals surface area contributed by atoms with Crippen molar-refractivity contribution in [2.24, 2.45) is 0 Å². The molecule has 0 aliphatic heterocycles. The maximum Gasteiger partial charge on any atom is 0.344 e. The molecular formula is C26H21BrN2O5S. The minimum Gasteiger partial charge on any atom is -0.496 e. The van der Waals surface area contributed by atoms with Gasteiger partial charge in [-0.1, -0.05) is 40.2 Å². The molecule has 0 radical (unpaired) electrons. The zero-order chi connectivity index (χ0) is 25.1. The zero-order valence-corrected chi connectivity index (χ0v) is 21.5. The molecule has 0 atom stereocenters. The van der Waals surface area contributed by atoms with E-state index in [1.54, 1.807) is 42.5 Å². The third-order valence-electron chi connectivity index (χ3n) is 5.32. The highest BCUT2D eigenvalue weighted by molar-refractivity contribution is 9.10. The smallest absolute Gasteiger partial charge is 0.344 e. The Morgan fingerprint density at radius 3 is 2.54 bits per heavy atom. The second-order valence-electron chi connectivity index (χ2n) is 7.61. The molecule has 0 bridgehead atoms. The van der Waals surface area contributed by atoms with Crippen molar-refractivity contribution in [2.45, 2.75) is 6.92 Å². The van der Waals surface area contributed by atoms with Crippen LogP contribution >= 0.6 is 28.1 Å². The van der Waals surface area contributed by atoms with Gasteiger partial charge in [0.15, 0.2) is 5.11 Å². The van der Waals surface area contributed by atoms with Crippen molar-refractivity contribution in [3.63, 3.8) is 0 Å². The summed E-state index contributed by atoms with van der Waals surface area (Å²) in [6.45, 7) is 1.84. The van der Waals surface area contributed by atoms with E-state index < -0.39 is 11.5 Å². The van der Waals surface area contributed by atoms with Gasteiger partial charge in [-0.05, 0) is 66.7 Å². The number of aryl methyl sites for hydroxylation is 1. The number of halogens is 1. The highest BCUT2D eigenvalue weighted by Gasteiger charge is 2.18. The molecule has 0 unspecified atom stereocenters. The van der Waals surface area contributed by atoms with E-state index >= 15 is 0 Å². The third kappa shape index (κ3) is 5.21. The standard InChI is InChI=1S/C26H21BrN2O5S/c1-14-10-17(27)13-19(23(14)33-3)24(30)29-26(35)28-20-12-15(8-9-22(20)32-2)18-11-16-6-4-5-7-21(16)34-25(18)31/h4-13H,1-3H3,(H2,28,29,30,35). The van der Waals surface area contributed by atoms with Crippen LogP contribution in [0.4, 0.5) is 5.69 Å². The molecule has 0 spiro atoms. The summed E-state index contributed by atoms with van der Waals surface area (Å²) in [7, 11) is 3.02. The van der Waals surface area contributed by atoms with E-state index in [4.69, 9.17) is 26.1 Å². The molecule has 35 heavy (non-hydrogen) atoms. The summed E-state index contributed by atoms with van der Waals surface area (Å²) in [6, 6.07) is 17.7. The summed E-state index contributed by atoms with van der Waals surface area (Å²) < 4.78 is 17.0. The number of rotatable bonds is 5. The Morgan fingerprint density at radius 1 is 1.03 bits per heavy atom. The second kappa shape index (κ2) is 10.3. The van der Waals surface area contributed by atoms with Gasteiger partial charge in [-0.3, -0.25) is 10.1 Å². The number of fused-ring (bicyclic) bond motifs is 1. The molecule has 178 valence electrons. The van der Waals surface area contributed by atoms with E-state index in [1.165, 1.54) is 14.2 Å². The zero-order valence-electron chi connectivity index (χ0n) is 19.1. The highest BCUT2D eigenvalue weighted by atomic mass is 79.9. The summed E-state index contributed by atoms with van der Waals surface area (Å²) in [5.74, 6) is 0.497. The van der Waals surface area contributed by atoms with Crippen LogP contribution in [0.5, 0.6) is 11.5 Å². The lowest BCUT2D eigenvalue weighted by Gasteiger charge is -2.16. The fraction of sp³-hybridized carbons (Fsp3) is 0.115. The van der Waals surface area contributed by atoms with Crippen molar-refractivity contribution in [2.75, 3.05) is 19.5 Å². The van der Waals surface area contributed by atoms with Crippen LogP contribution < -0.4 is 25.7 Å². The van der Waals surface area contributed by atoms with Crippen molar-refractivity contribution in [1.82, 2.24) is 5.32 Å². The summed E-state index contributed by atoms with van der Waals surface area (Å²) in [5.41, 5.74) is 2.64. The Bertz CT molecular complexity index is 1520.